The minimum Gasteiger partial charge on any atom is -0.317 e. The Balaban J connectivity index is 1.38. The summed E-state index contributed by atoms with van der Waals surface area (Å²) in [5, 5.41) is 3.70. The standard InChI is InChI=1S/C45H36N2/c1-3-16-44-45(34-28-29-41-40(31-34)32(2)17-12-13-30-46(41)35-20-8-5-9-21-35)39-22-10-11-26-43(39)47(44)42-27-15-24-37-36(23-14-25-38(37)42)33-18-6-4-7-19-33/h3-11,13-16,18-31H,2,12,17H2,1H3/b16-3-,30-13-. The van der Waals surface area contributed by atoms with Gasteiger partial charge >= 0.3 is 0 Å². The molecule has 8 rings (SSSR count). The summed E-state index contributed by atoms with van der Waals surface area (Å²) in [6.45, 7) is 6.69. The Morgan fingerprint density at radius 1 is 0.617 bits per heavy atom. The van der Waals surface area contributed by atoms with E-state index in [4.69, 9.17) is 0 Å². The van der Waals surface area contributed by atoms with Crippen LogP contribution in [0.2, 0.25) is 0 Å². The summed E-state index contributed by atoms with van der Waals surface area (Å²) >= 11 is 0. The Labute approximate surface area is 276 Å². The number of para-hydroxylation sites is 2. The van der Waals surface area contributed by atoms with Crippen LogP contribution in [0.4, 0.5) is 11.4 Å². The monoisotopic (exact) mass is 604 g/mol. The zero-order valence-electron chi connectivity index (χ0n) is 26.6. The van der Waals surface area contributed by atoms with E-state index in [0.29, 0.717) is 0 Å². The normalized spacial score (nSPS) is 14.0. The first-order chi connectivity index (χ1) is 23.2. The van der Waals surface area contributed by atoms with Crippen molar-refractivity contribution in [3.8, 4) is 27.9 Å². The number of hydrogen-bond donors (Lipinski definition) is 0. The highest BCUT2D eigenvalue weighted by Gasteiger charge is 2.22. The van der Waals surface area contributed by atoms with Crippen LogP contribution < -0.4 is 4.90 Å². The molecule has 226 valence electrons. The van der Waals surface area contributed by atoms with Crippen LogP contribution in [0.1, 0.15) is 31.0 Å². The zero-order valence-corrected chi connectivity index (χ0v) is 26.6. The van der Waals surface area contributed by atoms with E-state index in [1.165, 1.54) is 60.9 Å². The molecule has 6 aromatic carbocycles. The fourth-order valence-electron chi connectivity index (χ4n) is 7.15. The summed E-state index contributed by atoms with van der Waals surface area (Å²) in [6.07, 6.45) is 10.8. The van der Waals surface area contributed by atoms with E-state index in [1.807, 2.05) is 0 Å². The minimum absolute atomic E-state index is 0.929. The maximum absolute atomic E-state index is 4.58. The molecule has 0 atom stereocenters. The van der Waals surface area contributed by atoms with Gasteiger partial charge in [-0.15, -0.1) is 0 Å². The first-order valence-electron chi connectivity index (χ1n) is 16.4. The lowest BCUT2D eigenvalue weighted by atomic mass is 9.93. The van der Waals surface area contributed by atoms with Crippen LogP contribution in [0.3, 0.4) is 0 Å². The van der Waals surface area contributed by atoms with Crippen LogP contribution in [0.25, 0.3) is 61.3 Å². The number of allylic oxidation sites excluding steroid dienone is 3. The number of anilines is 2. The van der Waals surface area contributed by atoms with Crippen LogP contribution >= 0.6 is 0 Å². The molecule has 0 amide bonds. The van der Waals surface area contributed by atoms with E-state index < -0.39 is 0 Å². The number of aromatic nitrogens is 1. The zero-order chi connectivity index (χ0) is 31.7. The quantitative estimate of drug-likeness (QED) is 0.190. The first kappa shape index (κ1) is 28.6. The van der Waals surface area contributed by atoms with E-state index in [-0.39, 0.29) is 0 Å². The molecule has 1 aliphatic heterocycles. The molecule has 0 fully saturated rings. The second-order valence-electron chi connectivity index (χ2n) is 12.1. The van der Waals surface area contributed by atoms with Gasteiger partial charge in [-0.1, -0.05) is 122 Å². The van der Waals surface area contributed by atoms with Gasteiger partial charge in [0, 0.05) is 33.8 Å². The summed E-state index contributed by atoms with van der Waals surface area (Å²) in [5.74, 6) is 0. The largest absolute Gasteiger partial charge is 0.317 e. The van der Waals surface area contributed by atoms with E-state index in [9.17, 15) is 0 Å². The van der Waals surface area contributed by atoms with Crippen molar-refractivity contribution in [1.29, 1.82) is 0 Å². The summed E-state index contributed by atoms with van der Waals surface area (Å²) in [7, 11) is 0. The lowest BCUT2D eigenvalue weighted by Gasteiger charge is -2.27. The second kappa shape index (κ2) is 12.2. The molecular formula is C45H36N2. The van der Waals surface area contributed by atoms with Crippen molar-refractivity contribution in [1.82, 2.24) is 4.57 Å². The van der Waals surface area contributed by atoms with Crippen molar-refractivity contribution < 1.29 is 0 Å². The van der Waals surface area contributed by atoms with Gasteiger partial charge in [-0.3, -0.25) is 0 Å². The van der Waals surface area contributed by atoms with Gasteiger partial charge in [0.05, 0.1) is 22.6 Å². The molecule has 0 unspecified atom stereocenters. The summed E-state index contributed by atoms with van der Waals surface area (Å²) in [6, 6.07) is 50.4. The van der Waals surface area contributed by atoms with E-state index in [1.54, 1.807) is 0 Å². The topological polar surface area (TPSA) is 8.17 Å². The highest BCUT2D eigenvalue weighted by Crippen LogP contribution is 2.44. The van der Waals surface area contributed by atoms with Crippen molar-refractivity contribution in [2.75, 3.05) is 4.90 Å². The minimum atomic E-state index is 0.929. The Morgan fingerprint density at radius 3 is 2.17 bits per heavy atom. The molecule has 2 heteroatoms. The number of hydrogen-bond acceptors (Lipinski definition) is 1. The molecule has 7 aromatic rings. The third-order valence-corrected chi connectivity index (χ3v) is 9.29. The van der Waals surface area contributed by atoms with Gasteiger partial charge < -0.3 is 9.47 Å². The van der Waals surface area contributed by atoms with Gasteiger partial charge in [-0.25, -0.2) is 0 Å². The Bertz CT molecular complexity index is 2320. The third kappa shape index (κ3) is 4.99. The van der Waals surface area contributed by atoms with Crippen molar-refractivity contribution in [3.63, 3.8) is 0 Å². The van der Waals surface area contributed by atoms with Crippen LogP contribution in [0, 0.1) is 0 Å². The molecule has 0 N–H and O–H groups in total. The van der Waals surface area contributed by atoms with E-state index in [2.05, 4.69) is 187 Å². The van der Waals surface area contributed by atoms with Crippen LogP contribution in [-0.4, -0.2) is 4.57 Å². The summed E-state index contributed by atoms with van der Waals surface area (Å²) in [4.78, 5) is 2.29. The van der Waals surface area contributed by atoms with Gasteiger partial charge in [-0.2, -0.15) is 0 Å². The second-order valence-corrected chi connectivity index (χ2v) is 12.1. The van der Waals surface area contributed by atoms with Gasteiger partial charge in [0.25, 0.3) is 0 Å². The predicted molar refractivity (Wildman–Crippen MR) is 202 cm³/mol. The summed E-state index contributed by atoms with van der Waals surface area (Å²) < 4.78 is 2.45. The molecule has 1 aromatic heterocycles. The Morgan fingerprint density at radius 2 is 1.34 bits per heavy atom. The van der Waals surface area contributed by atoms with Crippen LogP contribution in [0.5, 0.6) is 0 Å². The molecule has 1 aliphatic rings. The Hall–Kier alpha value is -5.86. The molecule has 0 radical (unpaired) electrons. The molecule has 0 saturated heterocycles. The lowest BCUT2D eigenvalue weighted by Crippen LogP contribution is -2.12. The SMILES string of the molecule is C=C1CC/C=C\N(c2ccccc2)c2ccc(-c3c(/C=C\C)n(-c4cccc5c(-c6ccccc6)cccc45)c4ccccc34)cc21. The smallest absolute Gasteiger partial charge is 0.0544 e. The van der Waals surface area contributed by atoms with Crippen molar-refractivity contribution in [2.45, 2.75) is 19.8 Å². The van der Waals surface area contributed by atoms with Gasteiger partial charge in [0.15, 0.2) is 0 Å². The number of rotatable bonds is 5. The highest BCUT2D eigenvalue weighted by molar-refractivity contribution is 6.06. The molecule has 47 heavy (non-hydrogen) atoms. The first-order valence-corrected chi connectivity index (χ1v) is 16.4. The molecule has 0 bridgehead atoms. The molecule has 2 heterocycles. The maximum Gasteiger partial charge on any atom is 0.0544 e. The fraction of sp³-hybridized carbons (Fsp3) is 0.0667. The third-order valence-electron chi connectivity index (χ3n) is 9.29. The molecular weight excluding hydrogens is 569 g/mol. The predicted octanol–water partition coefficient (Wildman–Crippen LogP) is 12.6. The van der Waals surface area contributed by atoms with Crippen LogP contribution in [0.15, 0.2) is 164 Å². The average molecular weight is 605 g/mol. The molecule has 0 spiro atoms. The number of benzene rings is 6. The lowest BCUT2D eigenvalue weighted by molar-refractivity contribution is 1.04. The molecule has 2 nitrogen and oxygen atoms in total. The summed E-state index contributed by atoms with van der Waals surface area (Å²) in [5.41, 5.74) is 13.1. The fourth-order valence-corrected chi connectivity index (χ4v) is 7.15. The molecule has 0 aliphatic carbocycles. The molecule has 0 saturated carbocycles. The van der Waals surface area contributed by atoms with E-state index >= 15 is 0 Å². The van der Waals surface area contributed by atoms with Crippen LogP contribution in [-0.2, 0) is 0 Å². The van der Waals surface area contributed by atoms with Gasteiger partial charge in [0.2, 0.25) is 0 Å². The van der Waals surface area contributed by atoms with E-state index in [0.717, 1.165) is 29.8 Å². The van der Waals surface area contributed by atoms with Crippen molar-refractivity contribution >= 4 is 44.7 Å². The van der Waals surface area contributed by atoms with Crippen molar-refractivity contribution in [3.05, 3.63) is 176 Å². The highest BCUT2D eigenvalue weighted by atomic mass is 15.1. The Kier molecular flexibility index (Phi) is 7.39. The van der Waals surface area contributed by atoms with Crippen molar-refractivity contribution in [2.24, 2.45) is 0 Å². The maximum atomic E-state index is 4.58. The van der Waals surface area contributed by atoms with Gasteiger partial charge in [0.1, 0.15) is 0 Å². The van der Waals surface area contributed by atoms with Gasteiger partial charge in [-0.05, 0) is 89.9 Å². The average Bonchev–Trinajstić information content (AvgIpc) is 3.44. The number of nitrogens with zero attached hydrogens (tertiary/aromatic N) is 2. The number of fused-ring (bicyclic) bond motifs is 3.